The fourth-order valence-electron chi connectivity index (χ4n) is 5.98. The van der Waals surface area contributed by atoms with Crippen LogP contribution in [0, 0.1) is 0 Å². The lowest BCUT2D eigenvalue weighted by molar-refractivity contribution is -0.139. The molecule has 252 valence electrons. The van der Waals surface area contributed by atoms with E-state index < -0.39 is 12.0 Å². The molecule has 0 amide bonds. The Morgan fingerprint density at radius 3 is 2.47 bits per heavy atom. The topological polar surface area (TPSA) is 97.6 Å². The molecule has 1 aliphatic heterocycles. The third kappa shape index (κ3) is 6.69. The van der Waals surface area contributed by atoms with Crippen molar-refractivity contribution in [3.8, 4) is 23.0 Å². The Hall–Kier alpha value is -5.35. The molecule has 0 unspecified atom stereocenters. The van der Waals surface area contributed by atoms with Crippen LogP contribution in [0.15, 0.2) is 99.9 Å². The first-order valence-electron chi connectivity index (χ1n) is 16.0. The van der Waals surface area contributed by atoms with E-state index >= 15 is 0 Å². The summed E-state index contributed by atoms with van der Waals surface area (Å²) >= 11 is 1.24. The Morgan fingerprint density at radius 2 is 1.71 bits per heavy atom. The summed E-state index contributed by atoms with van der Waals surface area (Å²) in [5, 5.41) is 2.22. The zero-order valence-electron chi connectivity index (χ0n) is 28.3. The minimum atomic E-state index is -0.813. The second kappa shape index (κ2) is 14.4. The highest BCUT2D eigenvalue weighted by molar-refractivity contribution is 7.07. The molecule has 2 heterocycles. The predicted molar refractivity (Wildman–Crippen MR) is 190 cm³/mol. The second-order valence-corrected chi connectivity index (χ2v) is 12.7. The Bertz CT molecular complexity index is 2240. The van der Waals surface area contributed by atoms with Gasteiger partial charge in [-0.15, -0.1) is 0 Å². The Balaban J connectivity index is 1.47. The normalized spacial score (nSPS) is 14.4. The lowest BCUT2D eigenvalue weighted by atomic mass is 9.95. The highest BCUT2D eigenvalue weighted by Crippen LogP contribution is 2.37. The molecule has 0 N–H and O–H groups in total. The lowest BCUT2D eigenvalue weighted by Crippen LogP contribution is -2.40. The van der Waals surface area contributed by atoms with Crippen LogP contribution >= 0.6 is 11.3 Å². The van der Waals surface area contributed by atoms with Crippen molar-refractivity contribution in [2.24, 2.45) is 4.99 Å². The van der Waals surface area contributed by atoms with Gasteiger partial charge in [-0.2, -0.15) is 0 Å². The molecule has 4 aromatic carbocycles. The maximum atomic E-state index is 14.4. The Kier molecular flexibility index (Phi) is 9.87. The van der Waals surface area contributed by atoms with Gasteiger partial charge < -0.3 is 23.7 Å². The summed E-state index contributed by atoms with van der Waals surface area (Å²) in [6.07, 6.45) is 1.71. The highest BCUT2D eigenvalue weighted by Gasteiger charge is 2.34. The number of aromatic nitrogens is 1. The van der Waals surface area contributed by atoms with Crippen LogP contribution in [0.3, 0.4) is 0 Å². The molecule has 6 rings (SSSR count). The number of carbonyl (C=O) groups excluding carboxylic acids is 1. The van der Waals surface area contributed by atoms with E-state index in [0.29, 0.717) is 55.8 Å². The van der Waals surface area contributed by atoms with Gasteiger partial charge in [-0.1, -0.05) is 72.0 Å². The van der Waals surface area contributed by atoms with E-state index in [-0.39, 0.29) is 23.8 Å². The molecule has 0 saturated carbocycles. The summed E-state index contributed by atoms with van der Waals surface area (Å²) in [4.78, 5) is 33.0. The molecule has 0 saturated heterocycles. The molecule has 0 aliphatic carbocycles. The number of methoxy groups -OCH3 is 2. The number of hydrogen-bond donors (Lipinski definition) is 0. The van der Waals surface area contributed by atoms with Gasteiger partial charge in [0, 0.05) is 5.56 Å². The van der Waals surface area contributed by atoms with Gasteiger partial charge in [-0.3, -0.25) is 9.36 Å². The summed E-state index contributed by atoms with van der Waals surface area (Å²) in [5.74, 6) is 1.54. The number of thiazole rings is 1. The van der Waals surface area contributed by atoms with Crippen LogP contribution in [0.25, 0.3) is 16.8 Å². The summed E-state index contributed by atoms with van der Waals surface area (Å²) in [5.41, 5.74) is 2.78. The number of rotatable bonds is 11. The molecule has 10 heteroatoms. The number of para-hydroxylation sites is 1. The SMILES string of the molecule is CCOC(=O)C1=C(C)N=c2s/c(=C/c3cccc(OC)c3OCc3cccc4ccccc34)c(=O)n2[C@@H]1c1ccc(OC(C)C)c(OC)c1. The molecule has 1 aliphatic rings. The fourth-order valence-corrected chi connectivity index (χ4v) is 7.02. The van der Waals surface area contributed by atoms with Gasteiger partial charge in [0.1, 0.15) is 6.61 Å². The van der Waals surface area contributed by atoms with E-state index in [4.69, 9.17) is 28.7 Å². The van der Waals surface area contributed by atoms with Gasteiger partial charge in [0.05, 0.1) is 48.8 Å². The van der Waals surface area contributed by atoms with Crippen LogP contribution in [0.5, 0.6) is 23.0 Å². The van der Waals surface area contributed by atoms with Crippen LogP contribution in [0.1, 0.15) is 50.4 Å². The third-order valence-electron chi connectivity index (χ3n) is 8.15. The Labute approximate surface area is 288 Å². The molecule has 0 fully saturated rings. The van der Waals surface area contributed by atoms with E-state index in [1.165, 1.54) is 11.3 Å². The maximum Gasteiger partial charge on any atom is 0.338 e. The zero-order valence-corrected chi connectivity index (χ0v) is 29.1. The minimum Gasteiger partial charge on any atom is -0.493 e. The van der Waals surface area contributed by atoms with Crippen molar-refractivity contribution in [3.63, 3.8) is 0 Å². The van der Waals surface area contributed by atoms with E-state index in [9.17, 15) is 9.59 Å². The number of ether oxygens (including phenoxy) is 5. The largest absolute Gasteiger partial charge is 0.493 e. The molecular formula is C39H38N2O7S. The molecular weight excluding hydrogens is 641 g/mol. The van der Waals surface area contributed by atoms with Gasteiger partial charge >= 0.3 is 5.97 Å². The summed E-state index contributed by atoms with van der Waals surface area (Å²) in [6, 6.07) is 24.4. The van der Waals surface area contributed by atoms with E-state index in [2.05, 4.69) is 18.2 Å². The van der Waals surface area contributed by atoms with Crippen molar-refractivity contribution < 1.29 is 28.5 Å². The van der Waals surface area contributed by atoms with Gasteiger partial charge in [0.2, 0.25) is 0 Å². The number of nitrogens with zero attached hydrogens (tertiary/aromatic N) is 2. The molecule has 1 atom stereocenters. The van der Waals surface area contributed by atoms with Crippen molar-refractivity contribution >= 4 is 34.2 Å². The predicted octanol–water partition coefficient (Wildman–Crippen LogP) is 6.33. The van der Waals surface area contributed by atoms with Gasteiger partial charge in [0.25, 0.3) is 5.56 Å². The van der Waals surface area contributed by atoms with E-state index in [1.807, 2.05) is 62.4 Å². The number of esters is 1. The van der Waals surface area contributed by atoms with Gasteiger partial charge in [-0.05, 0) is 73.9 Å². The lowest BCUT2D eigenvalue weighted by Gasteiger charge is -2.25. The first-order valence-corrected chi connectivity index (χ1v) is 16.9. The third-order valence-corrected chi connectivity index (χ3v) is 9.13. The van der Waals surface area contributed by atoms with Crippen LogP contribution in [-0.2, 0) is 16.1 Å². The molecule has 0 radical (unpaired) electrons. The van der Waals surface area contributed by atoms with Crippen LogP contribution in [0.2, 0.25) is 0 Å². The first-order chi connectivity index (χ1) is 23.7. The van der Waals surface area contributed by atoms with Crippen molar-refractivity contribution in [3.05, 3.63) is 127 Å². The summed E-state index contributed by atoms with van der Waals surface area (Å²) in [7, 11) is 3.14. The molecule has 0 spiro atoms. The van der Waals surface area contributed by atoms with Crippen LogP contribution in [-0.4, -0.2) is 37.5 Å². The average molecular weight is 679 g/mol. The highest BCUT2D eigenvalue weighted by atomic mass is 32.1. The number of fused-ring (bicyclic) bond motifs is 2. The van der Waals surface area contributed by atoms with Gasteiger partial charge in [0.15, 0.2) is 27.8 Å². The standard InChI is InChI=1S/C39H38N2O7S/c1-7-46-38(43)34-24(4)40-39-41(35(34)26-18-19-30(48-23(2)3)32(20-26)45-6)37(42)33(49-39)21-27-14-11-17-31(44-5)36(27)47-22-28-15-10-13-25-12-8-9-16-29(25)28/h8-21,23,35H,7,22H2,1-6H3/b33-21+/t35-/m1/s1. The molecule has 49 heavy (non-hydrogen) atoms. The molecule has 9 nitrogen and oxygen atoms in total. The smallest absolute Gasteiger partial charge is 0.338 e. The van der Waals surface area contributed by atoms with Crippen molar-refractivity contribution in [1.82, 2.24) is 4.57 Å². The quantitative estimate of drug-likeness (QED) is 0.151. The Morgan fingerprint density at radius 1 is 0.959 bits per heavy atom. The molecule has 0 bridgehead atoms. The minimum absolute atomic E-state index is 0.0767. The first kappa shape index (κ1) is 33.5. The number of benzene rings is 4. The van der Waals surface area contributed by atoms with E-state index in [1.54, 1.807) is 50.8 Å². The fraction of sp³-hybridized carbons (Fsp3) is 0.256. The molecule has 5 aromatic rings. The van der Waals surface area contributed by atoms with Crippen molar-refractivity contribution in [2.75, 3.05) is 20.8 Å². The second-order valence-electron chi connectivity index (χ2n) is 11.7. The van der Waals surface area contributed by atoms with Crippen LogP contribution in [0.4, 0.5) is 0 Å². The van der Waals surface area contributed by atoms with Gasteiger partial charge in [-0.25, -0.2) is 9.79 Å². The number of carbonyl (C=O) groups is 1. The maximum absolute atomic E-state index is 14.4. The van der Waals surface area contributed by atoms with Crippen LogP contribution < -0.4 is 33.8 Å². The molecule has 1 aromatic heterocycles. The van der Waals surface area contributed by atoms with E-state index in [0.717, 1.165) is 16.3 Å². The summed E-state index contributed by atoms with van der Waals surface area (Å²) in [6.45, 7) is 7.83. The van der Waals surface area contributed by atoms with Crippen molar-refractivity contribution in [1.29, 1.82) is 0 Å². The average Bonchev–Trinajstić information content (AvgIpc) is 3.40. The van der Waals surface area contributed by atoms with Crippen molar-refractivity contribution in [2.45, 2.75) is 46.4 Å². The number of hydrogen-bond acceptors (Lipinski definition) is 9. The number of allylic oxidation sites excluding steroid dienone is 1. The summed E-state index contributed by atoms with van der Waals surface area (Å²) < 4.78 is 31.2. The monoisotopic (exact) mass is 678 g/mol. The zero-order chi connectivity index (χ0) is 34.7.